The molecule has 1 aromatic rings. The number of thioether (sulfide) groups is 1. The summed E-state index contributed by atoms with van der Waals surface area (Å²) in [4.78, 5) is 28.5. The number of rotatable bonds is 3. The Morgan fingerprint density at radius 1 is 1.69 bits per heavy atom. The van der Waals surface area contributed by atoms with Crippen LogP contribution >= 0.6 is 11.8 Å². The molecule has 0 aliphatic carbocycles. The lowest BCUT2D eigenvalue weighted by Crippen LogP contribution is -2.21. The fourth-order valence-corrected chi connectivity index (χ4v) is 2.99. The number of carbonyl (C=O) groups is 1. The highest BCUT2D eigenvalue weighted by atomic mass is 32.2. The van der Waals surface area contributed by atoms with Crippen molar-refractivity contribution in [2.75, 3.05) is 11.5 Å². The SMILES string of the molecule is O=C(O)c1cnc(CC2CCSC2)[nH]c1=O. The number of H-pyrrole nitrogens is 1. The molecule has 5 nitrogen and oxygen atoms in total. The van der Waals surface area contributed by atoms with Gasteiger partial charge in [0.25, 0.3) is 5.56 Å². The number of aromatic amines is 1. The van der Waals surface area contributed by atoms with Gasteiger partial charge in [-0.1, -0.05) is 0 Å². The van der Waals surface area contributed by atoms with Crippen molar-refractivity contribution in [2.45, 2.75) is 12.8 Å². The number of carboxylic acid groups (broad SMARTS) is 1. The molecule has 0 spiro atoms. The second-order valence-electron chi connectivity index (χ2n) is 3.81. The van der Waals surface area contributed by atoms with E-state index < -0.39 is 11.5 Å². The molecule has 2 heterocycles. The summed E-state index contributed by atoms with van der Waals surface area (Å²) in [6.45, 7) is 0. The maximum atomic E-state index is 11.4. The Bertz CT molecular complexity index is 452. The zero-order chi connectivity index (χ0) is 11.5. The number of carboxylic acids is 1. The van der Waals surface area contributed by atoms with Crippen LogP contribution in [0.5, 0.6) is 0 Å². The van der Waals surface area contributed by atoms with Gasteiger partial charge in [-0.3, -0.25) is 4.79 Å². The number of hydrogen-bond acceptors (Lipinski definition) is 4. The van der Waals surface area contributed by atoms with E-state index in [2.05, 4.69) is 9.97 Å². The highest BCUT2D eigenvalue weighted by Crippen LogP contribution is 2.25. The number of aromatic carboxylic acids is 1. The molecule has 1 atom stereocenters. The summed E-state index contributed by atoms with van der Waals surface area (Å²) in [5.74, 6) is 2.13. The van der Waals surface area contributed by atoms with Gasteiger partial charge < -0.3 is 10.1 Å². The molecule has 2 rings (SSSR count). The van der Waals surface area contributed by atoms with Gasteiger partial charge in [0.1, 0.15) is 11.4 Å². The lowest BCUT2D eigenvalue weighted by atomic mass is 10.1. The Kier molecular flexibility index (Phi) is 3.28. The Labute approximate surface area is 96.3 Å². The average Bonchev–Trinajstić information content (AvgIpc) is 2.70. The quantitative estimate of drug-likeness (QED) is 0.815. The topological polar surface area (TPSA) is 83.0 Å². The molecule has 1 aromatic heterocycles. The van der Waals surface area contributed by atoms with E-state index in [1.54, 1.807) is 0 Å². The highest BCUT2D eigenvalue weighted by molar-refractivity contribution is 7.99. The van der Waals surface area contributed by atoms with Crippen molar-refractivity contribution in [3.05, 3.63) is 27.9 Å². The lowest BCUT2D eigenvalue weighted by Gasteiger charge is -2.06. The molecule has 0 bridgehead atoms. The van der Waals surface area contributed by atoms with E-state index in [0.29, 0.717) is 11.7 Å². The summed E-state index contributed by atoms with van der Waals surface area (Å²) in [7, 11) is 0. The third-order valence-electron chi connectivity index (χ3n) is 2.59. The van der Waals surface area contributed by atoms with Gasteiger partial charge in [0.2, 0.25) is 0 Å². The van der Waals surface area contributed by atoms with Crippen molar-refractivity contribution in [1.29, 1.82) is 0 Å². The van der Waals surface area contributed by atoms with Gasteiger partial charge in [-0.25, -0.2) is 9.78 Å². The van der Waals surface area contributed by atoms with E-state index >= 15 is 0 Å². The molecule has 1 unspecified atom stereocenters. The van der Waals surface area contributed by atoms with E-state index in [0.717, 1.165) is 30.5 Å². The molecule has 0 amide bonds. The summed E-state index contributed by atoms with van der Waals surface area (Å²) in [6.07, 6.45) is 3.00. The molecule has 6 heteroatoms. The third kappa shape index (κ3) is 2.44. The van der Waals surface area contributed by atoms with Gasteiger partial charge >= 0.3 is 5.97 Å². The second-order valence-corrected chi connectivity index (χ2v) is 4.96. The van der Waals surface area contributed by atoms with Crippen LogP contribution in [0.4, 0.5) is 0 Å². The summed E-state index contributed by atoms with van der Waals surface area (Å²) in [5, 5.41) is 8.68. The largest absolute Gasteiger partial charge is 0.477 e. The molecule has 1 aliphatic heterocycles. The molecule has 1 aliphatic rings. The first-order valence-electron chi connectivity index (χ1n) is 5.06. The molecule has 0 aromatic carbocycles. The van der Waals surface area contributed by atoms with Crippen molar-refractivity contribution in [3.63, 3.8) is 0 Å². The van der Waals surface area contributed by atoms with Crippen LogP contribution < -0.4 is 5.56 Å². The lowest BCUT2D eigenvalue weighted by molar-refractivity contribution is 0.0694. The van der Waals surface area contributed by atoms with Crippen LogP contribution in [0.15, 0.2) is 11.0 Å². The highest BCUT2D eigenvalue weighted by Gasteiger charge is 2.18. The van der Waals surface area contributed by atoms with E-state index in [-0.39, 0.29) is 5.56 Å². The number of nitrogens with zero attached hydrogens (tertiary/aromatic N) is 1. The third-order valence-corrected chi connectivity index (χ3v) is 3.82. The van der Waals surface area contributed by atoms with Gasteiger partial charge in [0.05, 0.1) is 0 Å². The summed E-state index contributed by atoms with van der Waals surface area (Å²) in [6, 6.07) is 0. The molecular weight excluding hydrogens is 228 g/mol. The van der Waals surface area contributed by atoms with Crippen LogP contribution in [0.25, 0.3) is 0 Å². The van der Waals surface area contributed by atoms with Crippen LogP contribution in [0, 0.1) is 5.92 Å². The molecule has 16 heavy (non-hydrogen) atoms. The Balaban J connectivity index is 2.14. The molecule has 1 fully saturated rings. The predicted molar refractivity (Wildman–Crippen MR) is 61.0 cm³/mol. The van der Waals surface area contributed by atoms with Crippen molar-refractivity contribution >= 4 is 17.7 Å². The zero-order valence-corrected chi connectivity index (χ0v) is 9.42. The molecule has 2 N–H and O–H groups in total. The summed E-state index contributed by atoms with van der Waals surface area (Å²) in [5.41, 5.74) is -0.868. The molecular formula is C10H12N2O3S. The number of nitrogens with one attached hydrogen (secondary N) is 1. The number of hydrogen-bond donors (Lipinski definition) is 2. The minimum atomic E-state index is -1.24. The zero-order valence-electron chi connectivity index (χ0n) is 8.60. The first kappa shape index (κ1) is 11.2. The maximum absolute atomic E-state index is 11.4. The van der Waals surface area contributed by atoms with Crippen LogP contribution in [-0.2, 0) is 6.42 Å². The fourth-order valence-electron chi connectivity index (χ4n) is 1.71. The monoisotopic (exact) mass is 240 g/mol. The molecule has 0 radical (unpaired) electrons. The van der Waals surface area contributed by atoms with Crippen LogP contribution in [0.3, 0.4) is 0 Å². The van der Waals surface area contributed by atoms with Gasteiger partial charge in [0, 0.05) is 12.6 Å². The fraction of sp³-hybridized carbons (Fsp3) is 0.500. The van der Waals surface area contributed by atoms with Crippen molar-refractivity contribution in [1.82, 2.24) is 9.97 Å². The van der Waals surface area contributed by atoms with Crippen molar-refractivity contribution in [2.24, 2.45) is 5.92 Å². The van der Waals surface area contributed by atoms with E-state index in [4.69, 9.17) is 5.11 Å². The summed E-state index contributed by atoms with van der Waals surface area (Å²) < 4.78 is 0. The van der Waals surface area contributed by atoms with Crippen molar-refractivity contribution < 1.29 is 9.90 Å². The predicted octanol–water partition coefficient (Wildman–Crippen LogP) is 0.764. The Morgan fingerprint density at radius 3 is 3.06 bits per heavy atom. The van der Waals surface area contributed by atoms with E-state index in [9.17, 15) is 9.59 Å². The molecule has 86 valence electrons. The standard InChI is InChI=1S/C10H12N2O3S/c13-9-7(10(14)15)4-11-8(12-9)3-6-1-2-16-5-6/h4,6H,1-3,5H2,(H,14,15)(H,11,12,13). The first-order valence-corrected chi connectivity index (χ1v) is 6.21. The van der Waals surface area contributed by atoms with Gasteiger partial charge in [0.15, 0.2) is 0 Å². The van der Waals surface area contributed by atoms with E-state index in [1.807, 2.05) is 11.8 Å². The minimum absolute atomic E-state index is 0.301. The normalized spacial score (nSPS) is 19.9. The van der Waals surface area contributed by atoms with E-state index in [1.165, 1.54) is 0 Å². The van der Waals surface area contributed by atoms with Gasteiger partial charge in [-0.15, -0.1) is 0 Å². The summed E-state index contributed by atoms with van der Waals surface area (Å²) >= 11 is 1.90. The Morgan fingerprint density at radius 2 is 2.50 bits per heavy atom. The first-order chi connectivity index (χ1) is 7.66. The molecule has 1 saturated heterocycles. The Hall–Kier alpha value is -1.30. The number of aromatic nitrogens is 2. The second kappa shape index (κ2) is 4.69. The van der Waals surface area contributed by atoms with Crippen LogP contribution in [0.1, 0.15) is 22.6 Å². The molecule has 0 saturated carbocycles. The average molecular weight is 240 g/mol. The van der Waals surface area contributed by atoms with Crippen LogP contribution in [0.2, 0.25) is 0 Å². The van der Waals surface area contributed by atoms with Crippen LogP contribution in [-0.4, -0.2) is 32.5 Å². The van der Waals surface area contributed by atoms with Gasteiger partial charge in [-0.2, -0.15) is 11.8 Å². The van der Waals surface area contributed by atoms with Crippen molar-refractivity contribution in [3.8, 4) is 0 Å². The van der Waals surface area contributed by atoms with Gasteiger partial charge in [-0.05, 0) is 23.8 Å². The minimum Gasteiger partial charge on any atom is -0.477 e. The smallest absolute Gasteiger partial charge is 0.342 e. The maximum Gasteiger partial charge on any atom is 0.342 e.